The minimum atomic E-state index is -0.192. The van der Waals surface area contributed by atoms with Gasteiger partial charge in [-0.1, -0.05) is 30.3 Å². The van der Waals surface area contributed by atoms with Crippen molar-refractivity contribution in [3.8, 4) is 0 Å². The Morgan fingerprint density at radius 1 is 1.00 bits per heavy atom. The summed E-state index contributed by atoms with van der Waals surface area (Å²) in [6.45, 7) is 2.13. The summed E-state index contributed by atoms with van der Waals surface area (Å²) in [5, 5.41) is 0. The van der Waals surface area contributed by atoms with Crippen LogP contribution in [-0.4, -0.2) is 21.9 Å². The first-order valence-electron chi connectivity index (χ1n) is 8.17. The van der Waals surface area contributed by atoms with Crippen molar-refractivity contribution in [1.29, 1.82) is 0 Å². The lowest BCUT2D eigenvalue weighted by atomic mass is 9.87. The number of carbonyl (C=O) groups excluding carboxylic acids is 3. The number of nitrogens with zero attached hydrogens (tertiary/aromatic N) is 1. The molecule has 0 fully saturated rings. The van der Waals surface area contributed by atoms with Crippen molar-refractivity contribution in [2.45, 2.75) is 32.7 Å². The van der Waals surface area contributed by atoms with Gasteiger partial charge in [0.05, 0.1) is 11.1 Å². The third kappa shape index (κ3) is 2.10. The molecule has 1 aromatic heterocycles. The topological polar surface area (TPSA) is 56.1 Å². The molecular weight excluding hydrogens is 302 g/mol. The summed E-state index contributed by atoms with van der Waals surface area (Å²) < 4.78 is 1.89. The summed E-state index contributed by atoms with van der Waals surface area (Å²) in [5.41, 5.74) is 3.49. The normalized spacial score (nSPS) is 16.7. The molecule has 0 atom stereocenters. The zero-order valence-corrected chi connectivity index (χ0v) is 13.5. The number of hydrogen-bond acceptors (Lipinski definition) is 3. The van der Waals surface area contributed by atoms with E-state index in [1.807, 2.05) is 34.9 Å². The quantitative estimate of drug-likeness (QED) is 0.852. The van der Waals surface area contributed by atoms with Crippen LogP contribution in [0.5, 0.6) is 0 Å². The maximum atomic E-state index is 12.7. The van der Waals surface area contributed by atoms with Gasteiger partial charge in [-0.05, 0) is 31.4 Å². The largest absolute Gasteiger partial charge is 0.336 e. The molecule has 0 radical (unpaired) electrons. The van der Waals surface area contributed by atoms with Crippen LogP contribution in [0.1, 0.15) is 62.2 Å². The molecule has 4 heteroatoms. The van der Waals surface area contributed by atoms with Crippen LogP contribution in [0.3, 0.4) is 0 Å². The molecule has 0 saturated heterocycles. The van der Waals surface area contributed by atoms with E-state index in [4.69, 9.17) is 0 Å². The van der Waals surface area contributed by atoms with Crippen LogP contribution < -0.4 is 0 Å². The fraction of sp³-hybridized carbons (Fsp3) is 0.250. The van der Waals surface area contributed by atoms with E-state index < -0.39 is 0 Å². The van der Waals surface area contributed by atoms with Gasteiger partial charge in [0.15, 0.2) is 11.6 Å². The van der Waals surface area contributed by atoms with Crippen molar-refractivity contribution in [3.63, 3.8) is 0 Å². The smallest absolute Gasteiger partial charge is 0.203 e. The highest BCUT2D eigenvalue weighted by Gasteiger charge is 2.37. The molecule has 2 aliphatic rings. The molecule has 2 aromatic rings. The number of aromatic nitrogens is 1. The highest BCUT2D eigenvalue weighted by molar-refractivity contribution is 6.27. The molecule has 0 amide bonds. The summed E-state index contributed by atoms with van der Waals surface area (Å²) in [7, 11) is 0. The lowest BCUT2D eigenvalue weighted by Gasteiger charge is -2.16. The van der Waals surface area contributed by atoms with Crippen molar-refractivity contribution in [3.05, 3.63) is 70.1 Å². The van der Waals surface area contributed by atoms with Gasteiger partial charge in [-0.15, -0.1) is 0 Å². The number of carbonyl (C=O) groups is 3. The standard InChI is InChI=1S/C20H17NO3/c1-12-10-16(23)19-18(20(12)24)17-14(8-5-9-15(17)22)21(19)11-13-6-3-2-4-7-13/h2-4,6-7,10H,5,8-9,11H2,1H3. The van der Waals surface area contributed by atoms with E-state index in [1.54, 1.807) is 6.92 Å². The third-order valence-corrected chi connectivity index (χ3v) is 4.82. The van der Waals surface area contributed by atoms with Crippen molar-refractivity contribution >= 4 is 17.3 Å². The minimum absolute atomic E-state index is 0.0184. The zero-order chi connectivity index (χ0) is 16.8. The van der Waals surface area contributed by atoms with E-state index >= 15 is 0 Å². The molecule has 4 nitrogen and oxygen atoms in total. The van der Waals surface area contributed by atoms with Crippen LogP contribution in [-0.2, 0) is 13.0 Å². The van der Waals surface area contributed by atoms with Gasteiger partial charge in [0, 0.05) is 24.2 Å². The maximum Gasteiger partial charge on any atom is 0.203 e. The molecule has 0 unspecified atom stereocenters. The van der Waals surface area contributed by atoms with Gasteiger partial charge in [-0.2, -0.15) is 0 Å². The monoisotopic (exact) mass is 319 g/mol. The second kappa shape index (κ2) is 5.41. The average Bonchev–Trinajstić information content (AvgIpc) is 2.90. The lowest BCUT2D eigenvalue weighted by molar-refractivity contribution is 0.0953. The Balaban J connectivity index is 1.97. The van der Waals surface area contributed by atoms with E-state index in [-0.39, 0.29) is 17.3 Å². The molecular formula is C20H17NO3. The maximum absolute atomic E-state index is 12.7. The van der Waals surface area contributed by atoms with Gasteiger partial charge in [0.2, 0.25) is 5.78 Å². The summed E-state index contributed by atoms with van der Waals surface area (Å²) in [5.74, 6) is -0.390. The number of hydrogen-bond donors (Lipinski definition) is 0. The average molecular weight is 319 g/mol. The molecule has 1 aromatic carbocycles. The van der Waals surface area contributed by atoms with Crippen LogP contribution in [0.4, 0.5) is 0 Å². The molecule has 24 heavy (non-hydrogen) atoms. The number of fused-ring (bicyclic) bond motifs is 3. The Labute approximate surface area is 139 Å². The summed E-state index contributed by atoms with van der Waals surface area (Å²) in [6, 6.07) is 9.80. The SMILES string of the molecule is CC1=CC(=O)c2c(c3c(n2Cc2ccccc2)CCCC3=O)C1=O. The van der Waals surface area contributed by atoms with Crippen LogP contribution in [0.15, 0.2) is 42.0 Å². The molecule has 0 saturated carbocycles. The summed E-state index contributed by atoms with van der Waals surface area (Å²) >= 11 is 0. The van der Waals surface area contributed by atoms with Crippen molar-refractivity contribution in [2.24, 2.45) is 0 Å². The summed E-state index contributed by atoms with van der Waals surface area (Å²) in [6.07, 6.45) is 3.32. The molecule has 2 aliphatic carbocycles. The van der Waals surface area contributed by atoms with E-state index in [1.165, 1.54) is 6.08 Å². The van der Waals surface area contributed by atoms with Gasteiger partial charge in [-0.3, -0.25) is 14.4 Å². The first-order valence-corrected chi connectivity index (χ1v) is 8.17. The molecule has 0 bridgehead atoms. The first-order chi connectivity index (χ1) is 11.6. The number of rotatable bonds is 2. The minimum Gasteiger partial charge on any atom is -0.336 e. The van der Waals surface area contributed by atoms with Crippen LogP contribution in [0.25, 0.3) is 0 Å². The highest BCUT2D eigenvalue weighted by atomic mass is 16.1. The summed E-state index contributed by atoms with van der Waals surface area (Å²) in [4.78, 5) is 37.8. The predicted molar refractivity (Wildman–Crippen MR) is 89.7 cm³/mol. The Morgan fingerprint density at radius 3 is 2.50 bits per heavy atom. The van der Waals surface area contributed by atoms with E-state index in [0.29, 0.717) is 35.4 Å². The second-order valence-corrected chi connectivity index (χ2v) is 6.41. The number of allylic oxidation sites excluding steroid dienone is 2. The number of benzene rings is 1. The molecule has 120 valence electrons. The van der Waals surface area contributed by atoms with Gasteiger partial charge < -0.3 is 4.57 Å². The van der Waals surface area contributed by atoms with E-state index in [9.17, 15) is 14.4 Å². The van der Waals surface area contributed by atoms with Crippen molar-refractivity contribution in [1.82, 2.24) is 4.57 Å². The Hall–Kier alpha value is -2.75. The lowest BCUT2D eigenvalue weighted by Crippen LogP contribution is -2.19. The van der Waals surface area contributed by atoms with Gasteiger partial charge in [0.1, 0.15) is 5.69 Å². The number of ketones is 3. The van der Waals surface area contributed by atoms with Crippen molar-refractivity contribution < 1.29 is 14.4 Å². The first kappa shape index (κ1) is 14.8. The molecule has 0 spiro atoms. The van der Waals surface area contributed by atoms with Crippen LogP contribution >= 0.6 is 0 Å². The molecule has 0 aliphatic heterocycles. The van der Waals surface area contributed by atoms with Crippen LogP contribution in [0.2, 0.25) is 0 Å². The Morgan fingerprint density at radius 2 is 1.75 bits per heavy atom. The fourth-order valence-electron chi connectivity index (χ4n) is 3.71. The molecule has 0 N–H and O–H groups in total. The number of Topliss-reactive ketones (excluding diaryl/α,β-unsaturated/α-hetero) is 2. The second-order valence-electron chi connectivity index (χ2n) is 6.41. The zero-order valence-electron chi connectivity index (χ0n) is 13.5. The van der Waals surface area contributed by atoms with Gasteiger partial charge >= 0.3 is 0 Å². The van der Waals surface area contributed by atoms with Crippen molar-refractivity contribution in [2.75, 3.05) is 0 Å². The Kier molecular flexibility index (Phi) is 3.34. The van der Waals surface area contributed by atoms with Crippen LogP contribution in [0, 0.1) is 0 Å². The molecule has 1 heterocycles. The van der Waals surface area contributed by atoms with E-state index in [0.717, 1.165) is 24.1 Å². The van der Waals surface area contributed by atoms with Gasteiger partial charge in [0.25, 0.3) is 0 Å². The molecule has 4 rings (SSSR count). The van der Waals surface area contributed by atoms with Gasteiger partial charge in [-0.25, -0.2) is 0 Å². The third-order valence-electron chi connectivity index (χ3n) is 4.82. The fourth-order valence-corrected chi connectivity index (χ4v) is 3.71. The predicted octanol–water partition coefficient (Wildman–Crippen LogP) is 3.38. The Bertz CT molecular complexity index is 916. The highest BCUT2D eigenvalue weighted by Crippen LogP contribution is 2.35. The van der Waals surface area contributed by atoms with E-state index in [2.05, 4.69) is 0 Å².